The first-order valence-electron chi connectivity index (χ1n) is 7.14. The van der Waals surface area contributed by atoms with Gasteiger partial charge in [-0.2, -0.15) is 0 Å². The quantitative estimate of drug-likeness (QED) is 0.842. The number of nitrogens with zero attached hydrogens (tertiary/aromatic N) is 1. The van der Waals surface area contributed by atoms with Gasteiger partial charge in [0.05, 0.1) is 19.7 Å². The summed E-state index contributed by atoms with van der Waals surface area (Å²) >= 11 is 0. The highest BCUT2D eigenvalue weighted by Crippen LogP contribution is 2.36. The van der Waals surface area contributed by atoms with Gasteiger partial charge in [0.15, 0.2) is 23.1 Å². The van der Waals surface area contributed by atoms with Crippen molar-refractivity contribution >= 4 is 10.9 Å². The maximum atomic E-state index is 14.0. The number of hydrogen-bond donors (Lipinski definition) is 0. The number of ether oxygens (including phenoxy) is 3. The summed E-state index contributed by atoms with van der Waals surface area (Å²) in [5, 5.41) is 0.719. The molecule has 3 rings (SSSR count). The van der Waals surface area contributed by atoms with Gasteiger partial charge in [-0.25, -0.2) is 4.39 Å². The number of allylic oxidation sites excluding steroid dienone is 5. The van der Waals surface area contributed by atoms with Crippen molar-refractivity contribution in [3.63, 3.8) is 0 Å². The summed E-state index contributed by atoms with van der Waals surface area (Å²) in [6.07, 6.45) is 8.82. The Balaban J connectivity index is 2.06. The first-order valence-corrected chi connectivity index (χ1v) is 7.14. The molecule has 4 nitrogen and oxygen atoms in total. The van der Waals surface area contributed by atoms with Crippen molar-refractivity contribution in [1.82, 2.24) is 4.98 Å². The average Bonchev–Trinajstić information content (AvgIpc) is 2.78. The third-order valence-corrected chi connectivity index (χ3v) is 3.48. The smallest absolute Gasteiger partial charge is 0.165 e. The largest absolute Gasteiger partial charge is 0.493 e. The Morgan fingerprint density at radius 3 is 2.65 bits per heavy atom. The molecule has 0 aliphatic heterocycles. The molecule has 0 saturated carbocycles. The second-order valence-corrected chi connectivity index (χ2v) is 4.88. The number of fused-ring (bicyclic) bond motifs is 1. The van der Waals surface area contributed by atoms with Gasteiger partial charge in [-0.1, -0.05) is 12.2 Å². The lowest BCUT2D eigenvalue weighted by Crippen LogP contribution is -1.98. The molecule has 5 heteroatoms. The van der Waals surface area contributed by atoms with Crippen LogP contribution in [-0.4, -0.2) is 19.2 Å². The van der Waals surface area contributed by atoms with Crippen LogP contribution >= 0.6 is 0 Å². The monoisotopic (exact) mass is 313 g/mol. The van der Waals surface area contributed by atoms with Gasteiger partial charge in [0.1, 0.15) is 5.75 Å². The van der Waals surface area contributed by atoms with Gasteiger partial charge >= 0.3 is 0 Å². The minimum absolute atomic E-state index is 0.192. The van der Waals surface area contributed by atoms with Crippen LogP contribution in [0.2, 0.25) is 0 Å². The molecule has 0 amide bonds. The zero-order valence-corrected chi connectivity index (χ0v) is 12.9. The van der Waals surface area contributed by atoms with Crippen LogP contribution in [0, 0.1) is 0 Å². The van der Waals surface area contributed by atoms with Crippen molar-refractivity contribution in [2.75, 3.05) is 14.2 Å². The van der Waals surface area contributed by atoms with E-state index in [1.54, 1.807) is 50.8 Å². The molecule has 0 fully saturated rings. The van der Waals surface area contributed by atoms with Crippen LogP contribution in [0.1, 0.15) is 6.42 Å². The molecule has 1 aliphatic carbocycles. The van der Waals surface area contributed by atoms with Crippen molar-refractivity contribution in [3.8, 4) is 17.2 Å². The zero-order valence-electron chi connectivity index (χ0n) is 12.9. The summed E-state index contributed by atoms with van der Waals surface area (Å²) < 4.78 is 30.4. The number of hydrogen-bond acceptors (Lipinski definition) is 4. The first kappa shape index (κ1) is 15.1. The standard InChI is InChI=1S/C18H16FNO3/c1-21-17-10-12-14(11-18(17)22-2)20-9-8-15(12)23-16-7-5-3-4-6-13(16)19/h3-4,6-11H,5H2,1-2H3. The predicted octanol–water partition coefficient (Wildman–Crippen LogP) is 4.33. The summed E-state index contributed by atoms with van der Waals surface area (Å²) in [4.78, 5) is 4.30. The molecule has 1 aromatic heterocycles. The SMILES string of the molecule is COc1cc2nccc(OC3=CCC=CC=C3F)c2cc1OC. The van der Waals surface area contributed by atoms with E-state index in [1.165, 1.54) is 6.08 Å². The molecule has 1 aromatic carbocycles. The highest BCUT2D eigenvalue weighted by Gasteiger charge is 2.14. The second-order valence-electron chi connectivity index (χ2n) is 4.88. The normalized spacial score (nSPS) is 14.0. The van der Waals surface area contributed by atoms with E-state index in [-0.39, 0.29) is 5.76 Å². The van der Waals surface area contributed by atoms with Crippen LogP contribution in [0.4, 0.5) is 4.39 Å². The molecule has 23 heavy (non-hydrogen) atoms. The molecular weight excluding hydrogens is 297 g/mol. The zero-order chi connectivity index (χ0) is 16.2. The van der Waals surface area contributed by atoms with Crippen molar-refractivity contribution in [3.05, 3.63) is 60.3 Å². The lowest BCUT2D eigenvalue weighted by atomic mass is 10.2. The van der Waals surface area contributed by atoms with Gasteiger partial charge in [0, 0.05) is 17.6 Å². The van der Waals surface area contributed by atoms with Gasteiger partial charge in [0.25, 0.3) is 0 Å². The van der Waals surface area contributed by atoms with E-state index in [0.717, 1.165) is 5.39 Å². The van der Waals surface area contributed by atoms with E-state index in [9.17, 15) is 4.39 Å². The molecule has 0 bridgehead atoms. The van der Waals surface area contributed by atoms with Crippen LogP contribution in [0.5, 0.6) is 17.2 Å². The molecule has 2 aromatic rings. The van der Waals surface area contributed by atoms with E-state index < -0.39 is 5.83 Å². The molecule has 0 unspecified atom stereocenters. The Hall–Kier alpha value is -2.82. The molecule has 0 atom stereocenters. The minimum atomic E-state index is -0.413. The van der Waals surface area contributed by atoms with Crippen molar-refractivity contribution in [1.29, 1.82) is 0 Å². The Bertz CT molecular complexity index is 824. The van der Waals surface area contributed by atoms with Gasteiger partial charge in [-0.05, 0) is 30.7 Å². The molecule has 0 radical (unpaired) electrons. The van der Waals surface area contributed by atoms with E-state index >= 15 is 0 Å². The van der Waals surface area contributed by atoms with Crippen LogP contribution in [-0.2, 0) is 0 Å². The average molecular weight is 313 g/mol. The highest BCUT2D eigenvalue weighted by molar-refractivity contribution is 5.88. The Morgan fingerprint density at radius 1 is 1.09 bits per heavy atom. The second kappa shape index (κ2) is 6.52. The van der Waals surface area contributed by atoms with Crippen LogP contribution in [0.25, 0.3) is 10.9 Å². The van der Waals surface area contributed by atoms with E-state index in [2.05, 4.69) is 4.98 Å². The maximum Gasteiger partial charge on any atom is 0.165 e. The number of benzene rings is 1. The number of methoxy groups -OCH3 is 2. The van der Waals surface area contributed by atoms with Crippen LogP contribution in [0.15, 0.2) is 60.3 Å². The highest BCUT2D eigenvalue weighted by atomic mass is 19.1. The predicted molar refractivity (Wildman–Crippen MR) is 86.5 cm³/mol. The fourth-order valence-corrected chi connectivity index (χ4v) is 2.33. The van der Waals surface area contributed by atoms with Crippen molar-refractivity contribution in [2.24, 2.45) is 0 Å². The summed E-state index contributed by atoms with van der Waals surface area (Å²) in [6.45, 7) is 0. The first-order chi connectivity index (χ1) is 11.2. The Morgan fingerprint density at radius 2 is 1.87 bits per heavy atom. The van der Waals surface area contributed by atoms with Gasteiger partial charge < -0.3 is 14.2 Å². The molecule has 0 saturated heterocycles. The van der Waals surface area contributed by atoms with Gasteiger partial charge in [-0.15, -0.1) is 0 Å². The maximum absolute atomic E-state index is 14.0. The van der Waals surface area contributed by atoms with E-state index in [4.69, 9.17) is 14.2 Å². The fourth-order valence-electron chi connectivity index (χ4n) is 2.33. The van der Waals surface area contributed by atoms with Crippen LogP contribution in [0.3, 0.4) is 0 Å². The number of halogens is 1. The fraction of sp³-hybridized carbons (Fsp3) is 0.167. The Labute approximate surface area is 133 Å². The number of aromatic nitrogens is 1. The topological polar surface area (TPSA) is 40.6 Å². The van der Waals surface area contributed by atoms with Crippen molar-refractivity contribution < 1.29 is 18.6 Å². The Kier molecular flexibility index (Phi) is 4.28. The third-order valence-electron chi connectivity index (χ3n) is 3.48. The summed E-state index contributed by atoms with van der Waals surface area (Å²) in [7, 11) is 3.12. The molecule has 0 spiro atoms. The lowest BCUT2D eigenvalue weighted by Gasteiger charge is -2.13. The third kappa shape index (κ3) is 3.04. The molecule has 0 N–H and O–H groups in total. The summed E-state index contributed by atoms with van der Waals surface area (Å²) in [5.74, 6) is 1.42. The molecular formula is C18H16FNO3. The molecule has 1 heterocycles. The number of pyridine rings is 1. The summed E-state index contributed by atoms with van der Waals surface area (Å²) in [5.41, 5.74) is 0.678. The van der Waals surface area contributed by atoms with Crippen molar-refractivity contribution in [2.45, 2.75) is 6.42 Å². The van der Waals surface area contributed by atoms with E-state index in [1.807, 2.05) is 6.08 Å². The summed E-state index contributed by atoms with van der Waals surface area (Å²) in [6, 6.07) is 5.23. The molecule has 1 aliphatic rings. The number of rotatable bonds is 4. The van der Waals surface area contributed by atoms with Gasteiger partial charge in [0.2, 0.25) is 0 Å². The molecule has 118 valence electrons. The lowest BCUT2D eigenvalue weighted by molar-refractivity contribution is 0.355. The minimum Gasteiger partial charge on any atom is -0.493 e. The van der Waals surface area contributed by atoms with Gasteiger partial charge in [-0.3, -0.25) is 4.98 Å². The van der Waals surface area contributed by atoms with E-state index in [0.29, 0.717) is 29.2 Å². The van der Waals surface area contributed by atoms with Crippen LogP contribution < -0.4 is 14.2 Å².